The van der Waals surface area contributed by atoms with Crippen LogP contribution >= 0.6 is 0 Å². The zero-order valence-electron chi connectivity index (χ0n) is 22.4. The Balaban J connectivity index is 1.41. The number of likely N-dealkylation sites (tertiary alicyclic amines) is 1. The van der Waals surface area contributed by atoms with Gasteiger partial charge in [-0.1, -0.05) is 70.2 Å². The number of hydrogen-bond donors (Lipinski definition) is 2. The molecule has 7 nitrogen and oxygen atoms in total. The Kier molecular flexibility index (Phi) is 7.44. The smallest absolute Gasteiger partial charge is 0.246 e. The normalized spacial score (nSPS) is 34.0. The van der Waals surface area contributed by atoms with E-state index in [4.69, 9.17) is 4.74 Å². The number of nitrogens with one attached hydrogen (secondary N) is 2. The van der Waals surface area contributed by atoms with Gasteiger partial charge in [-0.3, -0.25) is 14.4 Å². The topological polar surface area (TPSA) is 87.7 Å². The Labute approximate surface area is 220 Å². The van der Waals surface area contributed by atoms with E-state index < -0.39 is 29.6 Å². The monoisotopic (exact) mass is 507 g/mol. The minimum Gasteiger partial charge on any atom is -0.359 e. The number of benzene rings is 1. The van der Waals surface area contributed by atoms with Crippen LogP contribution in [0.2, 0.25) is 0 Å². The number of hydrogen-bond acceptors (Lipinski definition) is 4. The Morgan fingerprint density at radius 3 is 2.70 bits per heavy atom. The Morgan fingerprint density at radius 1 is 1.14 bits per heavy atom. The van der Waals surface area contributed by atoms with Gasteiger partial charge in [0.05, 0.1) is 17.9 Å². The summed E-state index contributed by atoms with van der Waals surface area (Å²) in [4.78, 5) is 43.2. The third kappa shape index (κ3) is 4.71. The highest BCUT2D eigenvalue weighted by Crippen LogP contribution is 2.55. The first-order valence-electron chi connectivity index (χ1n) is 14.2. The quantitative estimate of drug-likeness (QED) is 0.384. The van der Waals surface area contributed by atoms with Crippen molar-refractivity contribution in [3.8, 4) is 0 Å². The first-order valence-corrected chi connectivity index (χ1v) is 14.2. The lowest BCUT2D eigenvalue weighted by atomic mass is 9.74. The van der Waals surface area contributed by atoms with Crippen LogP contribution in [0.15, 0.2) is 36.4 Å². The van der Waals surface area contributed by atoms with Gasteiger partial charge >= 0.3 is 0 Å². The van der Waals surface area contributed by atoms with E-state index >= 15 is 0 Å². The second kappa shape index (κ2) is 10.6. The van der Waals surface area contributed by atoms with Crippen LogP contribution < -0.4 is 10.6 Å². The van der Waals surface area contributed by atoms with Gasteiger partial charge in [-0.2, -0.15) is 0 Å². The summed E-state index contributed by atoms with van der Waals surface area (Å²) in [6.45, 7) is 6.82. The highest BCUT2D eigenvalue weighted by atomic mass is 16.5. The Hall–Kier alpha value is -2.67. The lowest BCUT2D eigenvalue weighted by Crippen LogP contribution is -2.57. The molecule has 3 fully saturated rings. The average Bonchev–Trinajstić information content (AvgIpc) is 3.51. The fourth-order valence-corrected chi connectivity index (χ4v) is 6.96. The molecule has 2 N–H and O–H groups in total. The van der Waals surface area contributed by atoms with Crippen molar-refractivity contribution in [2.45, 2.75) is 95.9 Å². The number of rotatable bonds is 9. The molecule has 37 heavy (non-hydrogen) atoms. The zero-order valence-corrected chi connectivity index (χ0v) is 22.4. The van der Waals surface area contributed by atoms with Crippen molar-refractivity contribution in [1.82, 2.24) is 10.2 Å². The fraction of sp³-hybridized carbons (Fsp3) is 0.633. The van der Waals surface area contributed by atoms with Gasteiger partial charge < -0.3 is 20.3 Å². The number of carbonyl (C=O) groups is 3. The summed E-state index contributed by atoms with van der Waals surface area (Å²) in [7, 11) is 0. The maximum atomic E-state index is 14.0. The minimum absolute atomic E-state index is 0.108. The number of fused-ring (bicyclic) bond motifs is 1. The number of anilines is 1. The molecule has 1 saturated carbocycles. The van der Waals surface area contributed by atoms with Gasteiger partial charge in [-0.15, -0.1) is 0 Å². The van der Waals surface area contributed by atoms with Crippen molar-refractivity contribution in [1.29, 1.82) is 0 Å². The molecule has 3 amide bonds. The lowest BCUT2D eigenvalue weighted by molar-refractivity contribution is -0.141. The number of ether oxygens (including phenoxy) is 1. The molecule has 0 aromatic heterocycles. The predicted octanol–water partition coefficient (Wildman–Crippen LogP) is 4.36. The van der Waals surface area contributed by atoms with Gasteiger partial charge in [0.15, 0.2) is 0 Å². The van der Waals surface area contributed by atoms with Crippen LogP contribution in [0.3, 0.4) is 0 Å². The number of aryl methyl sites for hydroxylation is 1. The van der Waals surface area contributed by atoms with E-state index in [0.717, 1.165) is 50.5 Å². The maximum absolute atomic E-state index is 14.0. The van der Waals surface area contributed by atoms with Gasteiger partial charge in [-0.05, 0) is 49.8 Å². The Bertz CT molecular complexity index is 1070. The highest BCUT2D eigenvalue weighted by molar-refractivity contribution is 6.02. The van der Waals surface area contributed by atoms with Gasteiger partial charge in [0.2, 0.25) is 17.7 Å². The molecule has 1 spiro atoms. The van der Waals surface area contributed by atoms with Crippen molar-refractivity contribution in [3.05, 3.63) is 42.0 Å². The molecule has 2 bridgehead atoms. The van der Waals surface area contributed by atoms with Gasteiger partial charge in [0.1, 0.15) is 11.6 Å². The van der Waals surface area contributed by atoms with Crippen LogP contribution in [0, 0.1) is 24.7 Å². The Morgan fingerprint density at radius 2 is 1.95 bits per heavy atom. The van der Waals surface area contributed by atoms with Crippen LogP contribution in [0.5, 0.6) is 0 Å². The molecule has 0 unspecified atom stereocenters. The summed E-state index contributed by atoms with van der Waals surface area (Å²) in [6.07, 6.45) is 11.7. The molecule has 5 rings (SSSR count). The van der Waals surface area contributed by atoms with E-state index in [1.165, 1.54) is 6.42 Å². The molecule has 4 aliphatic rings. The molecular weight excluding hydrogens is 466 g/mol. The molecule has 1 aliphatic carbocycles. The van der Waals surface area contributed by atoms with Crippen LogP contribution in [-0.2, 0) is 19.1 Å². The first kappa shape index (κ1) is 26.0. The van der Waals surface area contributed by atoms with Crippen LogP contribution in [-0.4, -0.2) is 53.0 Å². The summed E-state index contributed by atoms with van der Waals surface area (Å²) >= 11 is 0. The van der Waals surface area contributed by atoms with Crippen molar-refractivity contribution in [2.24, 2.45) is 17.8 Å². The van der Waals surface area contributed by atoms with Crippen LogP contribution in [0.1, 0.15) is 70.8 Å². The molecule has 1 aromatic carbocycles. The lowest BCUT2D eigenvalue weighted by Gasteiger charge is -2.36. The largest absolute Gasteiger partial charge is 0.359 e. The second-order valence-electron chi connectivity index (χ2n) is 11.5. The average molecular weight is 508 g/mol. The van der Waals surface area contributed by atoms with E-state index in [0.29, 0.717) is 18.2 Å². The SMILES string of the molecule is CCCCCCN1C(=O)[C@H]2[C@H](C(=O)Nc3cccc(C)c3)[C@H]3C=C[C@@]2(O3)[C@@H]1C(=O)N[C@@H]1CCCC[C@H]1C. The van der Waals surface area contributed by atoms with Crippen molar-refractivity contribution in [3.63, 3.8) is 0 Å². The summed E-state index contributed by atoms with van der Waals surface area (Å²) in [6, 6.07) is 6.99. The third-order valence-corrected chi connectivity index (χ3v) is 8.90. The first-order chi connectivity index (χ1) is 17.9. The number of carbonyl (C=O) groups excluding carboxylic acids is 3. The molecule has 3 aliphatic heterocycles. The van der Waals surface area contributed by atoms with Gasteiger partial charge in [-0.25, -0.2) is 0 Å². The summed E-state index contributed by atoms with van der Waals surface area (Å²) in [5, 5.41) is 6.30. The van der Waals surface area contributed by atoms with E-state index in [2.05, 4.69) is 24.5 Å². The van der Waals surface area contributed by atoms with Crippen LogP contribution in [0.25, 0.3) is 0 Å². The molecule has 7 atom stereocenters. The standard InChI is InChI=1S/C30H41N3O4/c1-4-5-6-9-17-33-26(28(35)32-22-14-8-7-12-20(22)3)30-16-15-23(37-30)24(25(30)29(33)36)27(34)31-21-13-10-11-19(2)18-21/h10-11,13,15-16,18,20,22-26H,4-9,12,14,17H2,1-3H3,(H,31,34)(H,32,35)/t20-,22-,23-,24-,25-,26+,30+/m1/s1. The van der Waals surface area contributed by atoms with Gasteiger partial charge in [0, 0.05) is 18.3 Å². The minimum atomic E-state index is -1.09. The van der Waals surface area contributed by atoms with Crippen molar-refractivity contribution >= 4 is 23.4 Å². The number of unbranched alkanes of at least 4 members (excludes halogenated alkanes) is 3. The number of nitrogens with zero attached hydrogens (tertiary/aromatic N) is 1. The summed E-state index contributed by atoms with van der Waals surface area (Å²) in [5.41, 5.74) is 0.652. The third-order valence-electron chi connectivity index (χ3n) is 8.90. The molecule has 7 heteroatoms. The van der Waals surface area contributed by atoms with Crippen molar-refractivity contribution in [2.75, 3.05) is 11.9 Å². The zero-order chi connectivity index (χ0) is 26.2. The predicted molar refractivity (Wildman–Crippen MR) is 143 cm³/mol. The van der Waals surface area contributed by atoms with E-state index in [1.54, 1.807) is 4.90 Å². The summed E-state index contributed by atoms with van der Waals surface area (Å²) in [5.74, 6) is -1.46. The molecule has 0 radical (unpaired) electrons. The van der Waals surface area contributed by atoms with Crippen molar-refractivity contribution < 1.29 is 19.1 Å². The maximum Gasteiger partial charge on any atom is 0.246 e. The summed E-state index contributed by atoms with van der Waals surface area (Å²) < 4.78 is 6.46. The molecule has 200 valence electrons. The fourth-order valence-electron chi connectivity index (χ4n) is 6.96. The molecule has 3 heterocycles. The van der Waals surface area contributed by atoms with Crippen LogP contribution in [0.4, 0.5) is 5.69 Å². The highest BCUT2D eigenvalue weighted by Gasteiger charge is 2.72. The number of amides is 3. The molecule has 1 aromatic rings. The molecular formula is C30H41N3O4. The van der Waals surface area contributed by atoms with Gasteiger partial charge in [0.25, 0.3) is 0 Å². The second-order valence-corrected chi connectivity index (χ2v) is 11.5. The van der Waals surface area contributed by atoms with E-state index in [-0.39, 0.29) is 23.8 Å². The molecule has 2 saturated heterocycles. The van der Waals surface area contributed by atoms with E-state index in [1.807, 2.05) is 43.3 Å². The van der Waals surface area contributed by atoms with E-state index in [9.17, 15) is 14.4 Å².